The molecule has 0 saturated heterocycles. The fourth-order valence-corrected chi connectivity index (χ4v) is 1.31. The summed E-state index contributed by atoms with van der Waals surface area (Å²) in [5, 5.41) is 3.14. The highest BCUT2D eigenvalue weighted by molar-refractivity contribution is 5.81. The number of esters is 1. The van der Waals surface area contributed by atoms with Gasteiger partial charge in [0.25, 0.3) is 0 Å². The standard InChI is InChI=1S/C13H17NO3/c1-3-17-13(15)9-6-10-14-11-7-4-5-8-12(11)16-2/h4-9,14H,3,10H2,1-2H3/b9-6+. The lowest BCUT2D eigenvalue weighted by atomic mass is 10.3. The maximum Gasteiger partial charge on any atom is 0.330 e. The molecule has 0 aliphatic rings. The van der Waals surface area contributed by atoms with Gasteiger partial charge >= 0.3 is 5.97 Å². The summed E-state index contributed by atoms with van der Waals surface area (Å²) in [6.45, 7) is 2.71. The molecule has 0 aliphatic carbocycles. The van der Waals surface area contributed by atoms with Crippen LogP contribution in [0.2, 0.25) is 0 Å². The molecule has 0 bridgehead atoms. The second-order valence-corrected chi connectivity index (χ2v) is 3.24. The first-order chi connectivity index (χ1) is 8.27. The highest BCUT2D eigenvalue weighted by Crippen LogP contribution is 2.22. The molecule has 92 valence electrons. The van der Waals surface area contributed by atoms with E-state index in [1.807, 2.05) is 24.3 Å². The van der Waals surface area contributed by atoms with Crippen LogP contribution in [0.25, 0.3) is 0 Å². The Bertz CT molecular complexity index is 388. The zero-order chi connectivity index (χ0) is 12.5. The lowest BCUT2D eigenvalue weighted by Crippen LogP contribution is -2.03. The van der Waals surface area contributed by atoms with Crippen LogP contribution in [0.1, 0.15) is 6.92 Å². The van der Waals surface area contributed by atoms with Gasteiger partial charge in [0.15, 0.2) is 0 Å². The monoisotopic (exact) mass is 235 g/mol. The fourth-order valence-electron chi connectivity index (χ4n) is 1.31. The maximum absolute atomic E-state index is 11.0. The molecule has 0 aromatic heterocycles. The van der Waals surface area contributed by atoms with Crippen molar-refractivity contribution < 1.29 is 14.3 Å². The third-order valence-corrected chi connectivity index (χ3v) is 2.06. The second kappa shape index (κ2) is 7.33. The van der Waals surface area contributed by atoms with E-state index in [0.717, 1.165) is 11.4 Å². The molecule has 4 nitrogen and oxygen atoms in total. The fraction of sp³-hybridized carbons (Fsp3) is 0.308. The topological polar surface area (TPSA) is 47.6 Å². The number of hydrogen-bond acceptors (Lipinski definition) is 4. The summed E-state index contributed by atoms with van der Waals surface area (Å²) in [5.74, 6) is 0.450. The molecule has 1 aromatic carbocycles. The average molecular weight is 235 g/mol. The van der Waals surface area contributed by atoms with Gasteiger partial charge in [-0.15, -0.1) is 0 Å². The molecule has 1 aromatic rings. The number of benzene rings is 1. The minimum Gasteiger partial charge on any atom is -0.495 e. The first kappa shape index (κ1) is 13.1. The molecular formula is C13H17NO3. The smallest absolute Gasteiger partial charge is 0.330 e. The largest absolute Gasteiger partial charge is 0.495 e. The Kier molecular flexibility index (Phi) is 5.64. The lowest BCUT2D eigenvalue weighted by molar-refractivity contribution is -0.137. The van der Waals surface area contributed by atoms with Crippen molar-refractivity contribution in [3.05, 3.63) is 36.4 Å². The quantitative estimate of drug-likeness (QED) is 0.606. The van der Waals surface area contributed by atoms with Gasteiger partial charge in [-0.2, -0.15) is 0 Å². The van der Waals surface area contributed by atoms with Gasteiger partial charge in [-0.1, -0.05) is 18.2 Å². The number of nitrogens with one attached hydrogen (secondary N) is 1. The van der Waals surface area contributed by atoms with Gasteiger partial charge < -0.3 is 14.8 Å². The molecule has 1 N–H and O–H groups in total. The molecule has 0 radical (unpaired) electrons. The normalized spacial score (nSPS) is 10.2. The van der Waals surface area contributed by atoms with Crippen molar-refractivity contribution in [3.63, 3.8) is 0 Å². The first-order valence-electron chi connectivity index (χ1n) is 5.48. The van der Waals surface area contributed by atoms with Crippen LogP contribution >= 0.6 is 0 Å². The van der Waals surface area contributed by atoms with Crippen LogP contribution in [0, 0.1) is 0 Å². The van der Waals surface area contributed by atoms with E-state index in [4.69, 9.17) is 9.47 Å². The van der Waals surface area contributed by atoms with Gasteiger partial charge in [0, 0.05) is 12.6 Å². The molecule has 0 heterocycles. The van der Waals surface area contributed by atoms with E-state index in [1.165, 1.54) is 6.08 Å². The van der Waals surface area contributed by atoms with Gasteiger partial charge in [0.1, 0.15) is 5.75 Å². The van der Waals surface area contributed by atoms with Gasteiger partial charge in [0.05, 0.1) is 19.4 Å². The molecule has 0 saturated carbocycles. The third kappa shape index (κ3) is 4.59. The number of methoxy groups -OCH3 is 1. The highest BCUT2D eigenvalue weighted by Gasteiger charge is 1.98. The highest BCUT2D eigenvalue weighted by atomic mass is 16.5. The Morgan fingerprint density at radius 1 is 1.41 bits per heavy atom. The lowest BCUT2D eigenvalue weighted by Gasteiger charge is -2.08. The maximum atomic E-state index is 11.0. The van der Waals surface area contributed by atoms with Crippen LogP contribution < -0.4 is 10.1 Å². The van der Waals surface area contributed by atoms with Crippen LogP contribution in [0.15, 0.2) is 36.4 Å². The second-order valence-electron chi connectivity index (χ2n) is 3.24. The number of rotatable bonds is 6. The Labute approximate surface area is 101 Å². The predicted octanol–water partition coefficient (Wildman–Crippen LogP) is 2.23. The molecule has 0 fully saturated rings. The molecule has 0 amide bonds. The number of para-hydroxylation sites is 2. The summed E-state index contributed by atoms with van der Waals surface area (Å²) < 4.78 is 9.94. The van der Waals surface area contributed by atoms with E-state index in [-0.39, 0.29) is 5.97 Å². The van der Waals surface area contributed by atoms with Gasteiger partial charge in [-0.3, -0.25) is 0 Å². The van der Waals surface area contributed by atoms with E-state index in [9.17, 15) is 4.79 Å². The summed E-state index contributed by atoms with van der Waals surface area (Å²) >= 11 is 0. The van der Waals surface area contributed by atoms with Crippen molar-refractivity contribution in [1.82, 2.24) is 0 Å². The number of carbonyl (C=O) groups is 1. The number of anilines is 1. The Morgan fingerprint density at radius 3 is 2.88 bits per heavy atom. The minimum atomic E-state index is -0.325. The first-order valence-corrected chi connectivity index (χ1v) is 5.48. The average Bonchev–Trinajstić information content (AvgIpc) is 2.35. The van der Waals surface area contributed by atoms with E-state index in [1.54, 1.807) is 20.1 Å². The van der Waals surface area contributed by atoms with Gasteiger partial charge in [-0.05, 0) is 19.1 Å². The Morgan fingerprint density at radius 2 is 2.18 bits per heavy atom. The number of ether oxygens (including phenoxy) is 2. The Balaban J connectivity index is 2.43. The zero-order valence-electron chi connectivity index (χ0n) is 10.1. The summed E-state index contributed by atoms with van der Waals surface area (Å²) in [6.07, 6.45) is 3.12. The van der Waals surface area contributed by atoms with Crippen molar-refractivity contribution in [2.24, 2.45) is 0 Å². The molecular weight excluding hydrogens is 218 g/mol. The van der Waals surface area contributed by atoms with Gasteiger partial charge in [-0.25, -0.2) is 4.79 Å². The van der Waals surface area contributed by atoms with Crippen LogP contribution in [-0.2, 0) is 9.53 Å². The van der Waals surface area contributed by atoms with Crippen LogP contribution in [0.4, 0.5) is 5.69 Å². The molecule has 0 spiro atoms. The molecule has 17 heavy (non-hydrogen) atoms. The van der Waals surface area contributed by atoms with E-state index >= 15 is 0 Å². The summed E-state index contributed by atoms with van der Waals surface area (Å²) in [7, 11) is 1.62. The minimum absolute atomic E-state index is 0.325. The van der Waals surface area contributed by atoms with Crippen molar-refractivity contribution in [1.29, 1.82) is 0 Å². The summed E-state index contributed by atoms with van der Waals surface area (Å²) in [5.41, 5.74) is 0.892. The zero-order valence-corrected chi connectivity index (χ0v) is 10.1. The summed E-state index contributed by atoms with van der Waals surface area (Å²) in [6, 6.07) is 7.60. The SMILES string of the molecule is CCOC(=O)/C=C/CNc1ccccc1OC. The van der Waals surface area contributed by atoms with Crippen LogP contribution in [-0.4, -0.2) is 26.2 Å². The Hall–Kier alpha value is -1.97. The van der Waals surface area contributed by atoms with E-state index in [2.05, 4.69) is 5.32 Å². The number of carbonyl (C=O) groups excluding carboxylic acids is 1. The van der Waals surface area contributed by atoms with E-state index in [0.29, 0.717) is 13.2 Å². The van der Waals surface area contributed by atoms with Crippen molar-refractivity contribution in [2.75, 3.05) is 25.6 Å². The predicted molar refractivity (Wildman–Crippen MR) is 67.3 cm³/mol. The molecule has 0 unspecified atom stereocenters. The van der Waals surface area contributed by atoms with Crippen molar-refractivity contribution >= 4 is 11.7 Å². The summed E-state index contributed by atoms with van der Waals surface area (Å²) in [4.78, 5) is 11.0. The number of hydrogen-bond donors (Lipinski definition) is 1. The molecule has 0 atom stereocenters. The van der Waals surface area contributed by atoms with Crippen LogP contribution in [0.3, 0.4) is 0 Å². The van der Waals surface area contributed by atoms with Crippen LogP contribution in [0.5, 0.6) is 5.75 Å². The van der Waals surface area contributed by atoms with E-state index < -0.39 is 0 Å². The molecule has 0 aliphatic heterocycles. The third-order valence-electron chi connectivity index (χ3n) is 2.06. The molecule has 4 heteroatoms. The van der Waals surface area contributed by atoms with Gasteiger partial charge in [0.2, 0.25) is 0 Å². The van der Waals surface area contributed by atoms with Crippen molar-refractivity contribution in [2.45, 2.75) is 6.92 Å². The molecule has 1 rings (SSSR count). The van der Waals surface area contributed by atoms with Crippen molar-refractivity contribution in [3.8, 4) is 5.75 Å².